The second-order valence-corrected chi connectivity index (χ2v) is 9.95. The number of allylic oxidation sites excluding steroid dienone is 1. The molecule has 4 nitrogen and oxygen atoms in total. The van der Waals surface area contributed by atoms with Gasteiger partial charge < -0.3 is 9.16 Å². The molecule has 0 heterocycles. The van der Waals surface area contributed by atoms with Crippen molar-refractivity contribution in [3.05, 3.63) is 42.3 Å². The minimum Gasteiger partial charge on any atom is -0.546 e. The van der Waals surface area contributed by atoms with Gasteiger partial charge in [-0.05, 0) is 37.2 Å². The topological polar surface area (TPSA) is 38.8 Å². The molecule has 0 aromatic heterocycles. The standard InChI is InChI=1S/C17H27NO3Si/c1-6-22(7-2,8-3)21-15(4)14-18(17(19)20-5)16-12-10-9-11-13-16/h9-14H,6-8H2,1-5H3/b15-14-. The molecule has 22 heavy (non-hydrogen) atoms. The highest BCUT2D eigenvalue weighted by Crippen LogP contribution is 2.25. The molecule has 0 saturated carbocycles. The molecule has 1 amide bonds. The molecule has 1 aromatic carbocycles. The minimum absolute atomic E-state index is 0.425. The highest BCUT2D eigenvalue weighted by atomic mass is 28.4. The van der Waals surface area contributed by atoms with Crippen LogP contribution in [0.25, 0.3) is 0 Å². The van der Waals surface area contributed by atoms with Gasteiger partial charge >= 0.3 is 6.09 Å². The van der Waals surface area contributed by atoms with Gasteiger partial charge in [-0.2, -0.15) is 0 Å². The molecule has 0 fully saturated rings. The second kappa shape index (κ2) is 8.63. The molecule has 0 aliphatic carbocycles. The van der Waals surface area contributed by atoms with E-state index in [-0.39, 0.29) is 0 Å². The van der Waals surface area contributed by atoms with Crippen molar-refractivity contribution in [3.8, 4) is 0 Å². The van der Waals surface area contributed by atoms with Gasteiger partial charge in [-0.15, -0.1) is 0 Å². The van der Waals surface area contributed by atoms with Crippen LogP contribution in [-0.2, 0) is 9.16 Å². The Morgan fingerprint density at radius 1 is 1.14 bits per heavy atom. The zero-order valence-electron chi connectivity index (χ0n) is 14.3. The van der Waals surface area contributed by atoms with Crippen LogP contribution >= 0.6 is 0 Å². The summed E-state index contributed by atoms with van der Waals surface area (Å²) in [6, 6.07) is 12.6. The fraction of sp³-hybridized carbons (Fsp3) is 0.471. The average Bonchev–Trinajstić information content (AvgIpc) is 2.57. The van der Waals surface area contributed by atoms with Crippen molar-refractivity contribution in [3.63, 3.8) is 0 Å². The third-order valence-corrected chi connectivity index (χ3v) is 8.65. The van der Waals surface area contributed by atoms with Gasteiger partial charge in [0.25, 0.3) is 0 Å². The van der Waals surface area contributed by atoms with Crippen LogP contribution in [0.3, 0.4) is 0 Å². The molecule has 0 radical (unpaired) electrons. The number of amides is 1. The third-order valence-electron chi connectivity index (χ3n) is 4.03. The third kappa shape index (κ3) is 4.63. The van der Waals surface area contributed by atoms with Crippen molar-refractivity contribution in [2.45, 2.75) is 45.8 Å². The van der Waals surface area contributed by atoms with Gasteiger partial charge in [0.1, 0.15) is 0 Å². The maximum absolute atomic E-state index is 12.0. The van der Waals surface area contributed by atoms with Crippen LogP contribution in [0, 0.1) is 0 Å². The Kier molecular flexibility index (Phi) is 7.18. The smallest absolute Gasteiger partial charge is 0.418 e. The maximum Gasteiger partial charge on any atom is 0.418 e. The lowest BCUT2D eigenvalue weighted by atomic mass is 10.3. The number of hydrogen-bond donors (Lipinski definition) is 0. The van der Waals surface area contributed by atoms with Gasteiger partial charge in [0.15, 0.2) is 0 Å². The molecule has 0 aliphatic rings. The molecule has 0 unspecified atom stereocenters. The number of hydrogen-bond acceptors (Lipinski definition) is 3. The Morgan fingerprint density at radius 2 is 1.68 bits per heavy atom. The summed E-state index contributed by atoms with van der Waals surface area (Å²) in [5, 5.41) is 0. The highest BCUT2D eigenvalue weighted by Gasteiger charge is 2.31. The molecule has 122 valence electrons. The lowest BCUT2D eigenvalue weighted by Crippen LogP contribution is -2.35. The molecule has 1 rings (SSSR count). The first-order valence-corrected chi connectivity index (χ1v) is 10.3. The van der Waals surface area contributed by atoms with Gasteiger partial charge in [0.2, 0.25) is 8.32 Å². The van der Waals surface area contributed by atoms with Crippen LogP contribution < -0.4 is 4.90 Å². The van der Waals surface area contributed by atoms with Crippen molar-refractivity contribution in [1.29, 1.82) is 0 Å². The Balaban J connectivity index is 3.04. The molecule has 1 aromatic rings. The molecule has 5 heteroatoms. The first-order valence-electron chi connectivity index (χ1n) is 7.81. The first kappa shape index (κ1) is 18.3. The van der Waals surface area contributed by atoms with Crippen LogP contribution in [-0.4, -0.2) is 21.5 Å². The van der Waals surface area contributed by atoms with E-state index in [1.54, 1.807) is 6.20 Å². The van der Waals surface area contributed by atoms with Crippen LogP contribution in [0.1, 0.15) is 27.7 Å². The molecular formula is C17H27NO3Si. The summed E-state index contributed by atoms with van der Waals surface area (Å²) in [5.41, 5.74) is 0.758. The van der Waals surface area contributed by atoms with Crippen molar-refractivity contribution >= 4 is 20.1 Å². The van der Waals surface area contributed by atoms with Gasteiger partial charge in [-0.3, -0.25) is 0 Å². The normalized spacial score (nSPS) is 12.0. The Hall–Kier alpha value is -1.75. The number of benzene rings is 1. The second-order valence-electron chi connectivity index (χ2n) is 5.26. The number of nitrogens with zero attached hydrogens (tertiary/aromatic N) is 1. The molecule has 0 N–H and O–H groups in total. The highest BCUT2D eigenvalue weighted by molar-refractivity contribution is 6.73. The Labute approximate surface area is 134 Å². The van der Waals surface area contributed by atoms with Crippen molar-refractivity contribution in [1.82, 2.24) is 0 Å². The predicted molar refractivity (Wildman–Crippen MR) is 93.4 cm³/mol. The van der Waals surface area contributed by atoms with E-state index in [4.69, 9.17) is 9.16 Å². The van der Waals surface area contributed by atoms with Crippen molar-refractivity contribution in [2.75, 3.05) is 12.0 Å². The van der Waals surface area contributed by atoms with E-state index < -0.39 is 14.4 Å². The fourth-order valence-corrected chi connectivity index (χ4v) is 5.10. The van der Waals surface area contributed by atoms with Gasteiger partial charge in [0.05, 0.1) is 24.8 Å². The number of rotatable bonds is 7. The van der Waals surface area contributed by atoms with E-state index in [0.29, 0.717) is 0 Å². The van der Waals surface area contributed by atoms with Crippen LogP contribution in [0.15, 0.2) is 42.3 Å². The zero-order valence-corrected chi connectivity index (χ0v) is 15.3. The van der Waals surface area contributed by atoms with Crippen LogP contribution in [0.2, 0.25) is 18.1 Å². The Morgan fingerprint density at radius 3 is 2.14 bits per heavy atom. The van der Waals surface area contributed by atoms with Gasteiger partial charge in [-0.25, -0.2) is 9.69 Å². The fourth-order valence-electron chi connectivity index (χ4n) is 2.44. The number of para-hydroxylation sites is 1. The van der Waals surface area contributed by atoms with Gasteiger partial charge in [-0.1, -0.05) is 39.0 Å². The predicted octanol–water partition coefficient (Wildman–Crippen LogP) is 5.14. The summed E-state index contributed by atoms with van der Waals surface area (Å²) in [4.78, 5) is 13.5. The largest absolute Gasteiger partial charge is 0.546 e. The van der Waals surface area contributed by atoms with Crippen LogP contribution in [0.5, 0.6) is 0 Å². The van der Waals surface area contributed by atoms with Crippen molar-refractivity contribution < 1.29 is 14.0 Å². The number of ether oxygens (including phenoxy) is 1. The van der Waals surface area contributed by atoms with E-state index in [2.05, 4.69) is 20.8 Å². The summed E-state index contributed by atoms with van der Waals surface area (Å²) >= 11 is 0. The average molecular weight is 321 g/mol. The summed E-state index contributed by atoms with van der Waals surface area (Å²) in [6.07, 6.45) is 1.30. The molecule has 0 saturated heterocycles. The summed E-state index contributed by atoms with van der Waals surface area (Å²) in [5.74, 6) is 0.756. The zero-order chi connectivity index (χ0) is 16.6. The molecular weight excluding hydrogens is 294 g/mol. The van der Waals surface area contributed by atoms with E-state index in [0.717, 1.165) is 29.6 Å². The quantitative estimate of drug-likeness (QED) is 0.515. The number of methoxy groups -OCH3 is 1. The molecule has 0 bridgehead atoms. The number of anilines is 1. The van der Waals surface area contributed by atoms with Gasteiger partial charge in [0, 0.05) is 0 Å². The van der Waals surface area contributed by atoms with E-state index in [9.17, 15) is 4.79 Å². The molecule has 0 aliphatic heterocycles. The lowest BCUT2D eigenvalue weighted by molar-refractivity contribution is 0.181. The van der Waals surface area contributed by atoms with Crippen molar-refractivity contribution in [2.24, 2.45) is 0 Å². The molecule has 0 atom stereocenters. The van der Waals surface area contributed by atoms with Crippen LogP contribution in [0.4, 0.5) is 10.5 Å². The van der Waals surface area contributed by atoms with E-state index >= 15 is 0 Å². The number of carbonyl (C=O) groups excluding carboxylic acids is 1. The summed E-state index contributed by atoms with van der Waals surface area (Å²) in [7, 11) is -0.360. The first-order chi connectivity index (χ1) is 10.5. The molecule has 0 spiro atoms. The maximum atomic E-state index is 12.0. The number of carbonyl (C=O) groups is 1. The summed E-state index contributed by atoms with van der Waals surface area (Å²) < 4.78 is 11.2. The minimum atomic E-state index is -1.74. The van der Waals surface area contributed by atoms with E-state index in [1.807, 2.05) is 37.3 Å². The monoisotopic (exact) mass is 321 g/mol. The Bertz CT molecular complexity index is 490. The lowest BCUT2D eigenvalue weighted by Gasteiger charge is -2.30. The SMILES string of the molecule is CC[Si](CC)(CC)O/C(C)=C\N(C(=O)OC)c1ccccc1. The van der Waals surface area contributed by atoms with E-state index in [1.165, 1.54) is 12.0 Å². The summed E-state index contributed by atoms with van der Waals surface area (Å²) in [6.45, 7) is 8.45.